The number of rotatable bonds is 8. The number of aliphatic hydroxyl groups excluding tert-OH is 2. The van der Waals surface area contributed by atoms with E-state index in [9.17, 15) is 33.0 Å². The molecular weight excluding hydrogens is 527 g/mol. The summed E-state index contributed by atoms with van der Waals surface area (Å²) in [5.41, 5.74) is 0.300. The lowest BCUT2D eigenvalue weighted by Crippen LogP contribution is -2.57. The van der Waals surface area contributed by atoms with Crippen molar-refractivity contribution in [2.75, 3.05) is 40.5 Å². The second-order valence-corrected chi connectivity index (χ2v) is 10.7. The van der Waals surface area contributed by atoms with E-state index in [0.717, 1.165) is 23.3 Å². The lowest BCUT2D eigenvalue weighted by molar-refractivity contribution is -0.140. The summed E-state index contributed by atoms with van der Waals surface area (Å²) in [5.74, 6) is -0.0821. The highest BCUT2D eigenvalue weighted by atomic mass is 19.4. The molecule has 2 N–H and O–H groups in total. The molecule has 0 spiro atoms. The van der Waals surface area contributed by atoms with E-state index in [4.69, 9.17) is 4.74 Å². The number of alkyl halides is 3. The fourth-order valence-corrected chi connectivity index (χ4v) is 6.24. The zero-order valence-corrected chi connectivity index (χ0v) is 22.9. The maximum atomic E-state index is 13.9. The van der Waals surface area contributed by atoms with Crippen LogP contribution in [0.4, 0.5) is 18.0 Å². The Kier molecular flexibility index (Phi) is 8.65. The molecule has 2 atom stereocenters. The van der Waals surface area contributed by atoms with Crippen molar-refractivity contribution in [1.82, 2.24) is 14.7 Å². The maximum Gasteiger partial charge on any atom is 0.416 e. The Bertz CT molecular complexity index is 1230. The molecule has 11 heteroatoms. The number of methoxy groups -OCH3 is 1. The van der Waals surface area contributed by atoms with Crippen LogP contribution < -0.4 is 4.74 Å². The average Bonchev–Trinajstić information content (AvgIpc) is 3.18. The van der Waals surface area contributed by atoms with Gasteiger partial charge in [-0.3, -0.25) is 4.79 Å². The van der Waals surface area contributed by atoms with Crippen molar-refractivity contribution in [3.05, 3.63) is 64.7 Å². The van der Waals surface area contributed by atoms with Gasteiger partial charge in [0, 0.05) is 39.9 Å². The average molecular weight is 564 g/mol. The molecule has 0 radical (unpaired) electrons. The first-order valence-electron chi connectivity index (χ1n) is 13.3. The second-order valence-electron chi connectivity index (χ2n) is 10.7. The van der Waals surface area contributed by atoms with Gasteiger partial charge in [-0.05, 0) is 61.1 Å². The monoisotopic (exact) mass is 563 g/mol. The minimum absolute atomic E-state index is 0.0469. The van der Waals surface area contributed by atoms with Crippen LogP contribution in [0.15, 0.2) is 42.5 Å². The summed E-state index contributed by atoms with van der Waals surface area (Å²) >= 11 is 0. The fourth-order valence-electron chi connectivity index (χ4n) is 6.24. The number of carbonyl (C=O) groups is 2. The van der Waals surface area contributed by atoms with Crippen LogP contribution in [0.1, 0.15) is 47.6 Å². The Labute approximate surface area is 231 Å². The predicted molar refractivity (Wildman–Crippen MR) is 141 cm³/mol. The zero-order valence-electron chi connectivity index (χ0n) is 22.9. The van der Waals surface area contributed by atoms with Gasteiger partial charge in [0.1, 0.15) is 5.75 Å². The van der Waals surface area contributed by atoms with Crippen molar-refractivity contribution in [1.29, 1.82) is 0 Å². The summed E-state index contributed by atoms with van der Waals surface area (Å²) in [6.45, 7) is 1.95. The number of ether oxygens (including phenoxy) is 1. The Hall–Kier alpha value is -3.31. The number of nitrogens with zero attached hydrogens (tertiary/aromatic N) is 3. The smallest absolute Gasteiger partial charge is 0.416 e. The van der Waals surface area contributed by atoms with E-state index in [0.29, 0.717) is 6.42 Å². The van der Waals surface area contributed by atoms with Crippen molar-refractivity contribution in [3.63, 3.8) is 0 Å². The van der Waals surface area contributed by atoms with Gasteiger partial charge in [-0.15, -0.1) is 0 Å². The number of piperazine rings is 1. The van der Waals surface area contributed by atoms with Crippen LogP contribution in [0.25, 0.3) is 0 Å². The van der Waals surface area contributed by atoms with Crippen LogP contribution in [0.3, 0.4) is 0 Å². The largest absolute Gasteiger partial charge is 0.497 e. The molecule has 2 saturated heterocycles. The molecule has 2 heterocycles. The number of halogens is 3. The van der Waals surface area contributed by atoms with Gasteiger partial charge in [0.15, 0.2) is 0 Å². The predicted octanol–water partition coefficient (Wildman–Crippen LogP) is 3.98. The van der Waals surface area contributed by atoms with Crippen molar-refractivity contribution in [2.45, 2.75) is 51.0 Å². The third-order valence-electron chi connectivity index (χ3n) is 8.21. The van der Waals surface area contributed by atoms with Crippen LogP contribution in [-0.2, 0) is 17.5 Å². The first-order valence-corrected chi connectivity index (χ1v) is 13.3. The van der Waals surface area contributed by atoms with E-state index in [1.165, 1.54) is 25.1 Å². The maximum absolute atomic E-state index is 13.9. The molecule has 2 aromatic carbocycles. The number of hydrogen-bond acceptors (Lipinski definition) is 5. The minimum Gasteiger partial charge on any atom is -0.497 e. The molecule has 2 aliphatic heterocycles. The summed E-state index contributed by atoms with van der Waals surface area (Å²) in [7, 11) is 2.83. The Balaban J connectivity index is 1.68. The summed E-state index contributed by atoms with van der Waals surface area (Å²) < 4.78 is 45.5. The van der Waals surface area contributed by atoms with Crippen LogP contribution in [0.5, 0.6) is 5.75 Å². The minimum atomic E-state index is -4.57. The van der Waals surface area contributed by atoms with E-state index in [-0.39, 0.29) is 75.0 Å². The van der Waals surface area contributed by atoms with Gasteiger partial charge in [-0.25, -0.2) is 4.79 Å². The molecule has 0 aromatic heterocycles. The normalized spacial score (nSPS) is 20.4. The SMILES string of the molecule is COc1cc(CN(C)C(=O)N2CCN3C(=O)C(CCO)(CCO)C[C@H]3[C@@H]2c2ccccc2C)cc(C(F)(F)F)c1. The molecular formula is C29H36F3N3O5. The Morgan fingerprint density at radius 2 is 1.80 bits per heavy atom. The summed E-state index contributed by atoms with van der Waals surface area (Å²) in [4.78, 5) is 32.4. The summed E-state index contributed by atoms with van der Waals surface area (Å²) in [6, 6.07) is 9.75. The summed E-state index contributed by atoms with van der Waals surface area (Å²) in [6.07, 6.45) is -3.77. The van der Waals surface area contributed by atoms with Gasteiger partial charge >= 0.3 is 12.2 Å². The van der Waals surface area contributed by atoms with Gasteiger partial charge in [-0.1, -0.05) is 24.3 Å². The number of aryl methyl sites for hydroxylation is 1. The third-order valence-corrected chi connectivity index (χ3v) is 8.21. The highest BCUT2D eigenvalue weighted by molar-refractivity contribution is 5.86. The van der Waals surface area contributed by atoms with Crippen molar-refractivity contribution >= 4 is 11.9 Å². The fraction of sp³-hybridized carbons (Fsp3) is 0.517. The highest BCUT2D eigenvalue weighted by Crippen LogP contribution is 2.49. The van der Waals surface area contributed by atoms with Gasteiger partial charge in [-0.2, -0.15) is 13.2 Å². The molecule has 0 unspecified atom stereocenters. The molecule has 2 aromatic rings. The van der Waals surface area contributed by atoms with Crippen LogP contribution in [0.2, 0.25) is 0 Å². The lowest BCUT2D eigenvalue weighted by atomic mass is 9.77. The van der Waals surface area contributed by atoms with E-state index in [1.807, 2.05) is 31.2 Å². The molecule has 3 amide bonds. The second kappa shape index (κ2) is 11.7. The quantitative estimate of drug-likeness (QED) is 0.507. The van der Waals surface area contributed by atoms with Crippen molar-refractivity contribution < 1.29 is 37.7 Å². The topological polar surface area (TPSA) is 93.6 Å². The first-order chi connectivity index (χ1) is 19.0. The molecule has 40 heavy (non-hydrogen) atoms. The lowest BCUT2D eigenvalue weighted by Gasteiger charge is -2.46. The highest BCUT2D eigenvalue weighted by Gasteiger charge is 2.56. The van der Waals surface area contributed by atoms with Gasteiger partial charge in [0.2, 0.25) is 5.91 Å². The molecule has 0 bridgehead atoms. The molecule has 0 aliphatic carbocycles. The van der Waals surface area contributed by atoms with Crippen LogP contribution in [-0.4, -0.2) is 83.4 Å². The molecule has 218 valence electrons. The van der Waals surface area contributed by atoms with Crippen LogP contribution in [0, 0.1) is 12.3 Å². The number of hydrogen-bond donors (Lipinski definition) is 2. The molecule has 8 nitrogen and oxygen atoms in total. The molecule has 4 rings (SSSR count). The number of carbonyl (C=O) groups excluding carboxylic acids is 2. The van der Waals surface area contributed by atoms with Crippen molar-refractivity contribution in [3.8, 4) is 5.75 Å². The standard InChI is InChI=1S/C29H36F3N3O5/c1-19-6-4-5-7-23(19)25-24-17-28(8-12-36,9-13-37)26(38)34(24)10-11-35(25)27(39)33(2)18-20-14-21(29(30,31)32)16-22(15-20)40-3/h4-7,14-16,24-25,36-37H,8-13,17-18H2,1-3H3/t24-,25-/m0/s1. The van der Waals surface area contributed by atoms with Crippen LogP contribution >= 0.6 is 0 Å². The van der Waals surface area contributed by atoms with E-state index in [2.05, 4.69) is 0 Å². The number of aliphatic hydroxyl groups is 2. The van der Waals surface area contributed by atoms with Crippen molar-refractivity contribution in [2.24, 2.45) is 5.41 Å². The van der Waals surface area contributed by atoms with Gasteiger partial charge in [0.25, 0.3) is 0 Å². The van der Waals surface area contributed by atoms with Gasteiger partial charge < -0.3 is 29.6 Å². The molecule has 0 saturated carbocycles. The number of urea groups is 1. The molecule has 2 aliphatic rings. The number of amides is 3. The van der Waals surface area contributed by atoms with E-state index in [1.54, 1.807) is 9.80 Å². The van der Waals surface area contributed by atoms with E-state index < -0.39 is 23.2 Å². The van der Waals surface area contributed by atoms with E-state index >= 15 is 0 Å². The first kappa shape index (κ1) is 29.7. The Morgan fingerprint density at radius 1 is 1.12 bits per heavy atom. The van der Waals surface area contributed by atoms with Gasteiger partial charge in [0.05, 0.1) is 30.2 Å². The zero-order chi connectivity index (χ0) is 29.2. The number of fused-ring (bicyclic) bond motifs is 1. The molecule has 2 fully saturated rings. The number of benzene rings is 2. The third kappa shape index (κ3) is 5.62. The summed E-state index contributed by atoms with van der Waals surface area (Å²) in [5, 5.41) is 19.5. The Morgan fingerprint density at radius 3 is 2.40 bits per heavy atom.